The summed E-state index contributed by atoms with van der Waals surface area (Å²) in [6, 6.07) is 6.69. The zero-order valence-electron chi connectivity index (χ0n) is 10.4. The van der Waals surface area contributed by atoms with Gasteiger partial charge in [-0.1, -0.05) is 37.6 Å². The van der Waals surface area contributed by atoms with E-state index in [1.807, 2.05) is 19.2 Å². The third-order valence-corrected chi connectivity index (χ3v) is 2.56. The van der Waals surface area contributed by atoms with E-state index in [2.05, 4.69) is 19.2 Å². The first-order valence-electron chi connectivity index (χ1n) is 5.64. The summed E-state index contributed by atoms with van der Waals surface area (Å²) in [5.41, 5.74) is 2.23. The number of nitrogens with zero attached hydrogens (tertiary/aromatic N) is 1. The molecule has 1 aromatic rings. The molecule has 0 aliphatic heterocycles. The topological polar surface area (TPSA) is 55.2 Å². The molecule has 0 fully saturated rings. The summed E-state index contributed by atoms with van der Waals surface area (Å²) in [6.07, 6.45) is 2.01. The molecule has 0 unspecified atom stereocenters. The standard InChI is InChI=1S/C13H18N2O2/c1-10(2)12(9-14-3)7-11-5-4-6-13(8-11)15(16)17/h4-8,10,14H,9H2,1-3H3. The van der Waals surface area contributed by atoms with Gasteiger partial charge >= 0.3 is 0 Å². The fraction of sp³-hybridized carbons (Fsp3) is 0.385. The van der Waals surface area contributed by atoms with Crippen molar-refractivity contribution in [2.24, 2.45) is 5.92 Å². The molecule has 17 heavy (non-hydrogen) atoms. The Morgan fingerprint density at radius 1 is 1.53 bits per heavy atom. The Labute approximate surface area is 101 Å². The highest BCUT2D eigenvalue weighted by Crippen LogP contribution is 2.18. The lowest BCUT2D eigenvalue weighted by molar-refractivity contribution is -0.384. The third kappa shape index (κ3) is 4.00. The lowest BCUT2D eigenvalue weighted by Gasteiger charge is -2.10. The van der Waals surface area contributed by atoms with Crippen LogP contribution in [0.3, 0.4) is 0 Å². The fourth-order valence-corrected chi connectivity index (χ4v) is 1.57. The molecule has 1 rings (SSSR count). The number of benzene rings is 1. The monoisotopic (exact) mass is 234 g/mol. The van der Waals surface area contributed by atoms with Gasteiger partial charge in [0.05, 0.1) is 4.92 Å². The first-order chi connectivity index (χ1) is 8.04. The van der Waals surface area contributed by atoms with Crippen LogP contribution in [0.5, 0.6) is 0 Å². The second kappa shape index (κ2) is 6.15. The van der Waals surface area contributed by atoms with Gasteiger partial charge in [-0.05, 0) is 18.5 Å². The van der Waals surface area contributed by atoms with Crippen molar-refractivity contribution in [1.29, 1.82) is 0 Å². The first-order valence-corrected chi connectivity index (χ1v) is 5.64. The van der Waals surface area contributed by atoms with E-state index in [0.717, 1.165) is 12.1 Å². The zero-order valence-corrected chi connectivity index (χ0v) is 10.4. The quantitative estimate of drug-likeness (QED) is 0.629. The van der Waals surface area contributed by atoms with Crippen molar-refractivity contribution in [3.8, 4) is 0 Å². The highest BCUT2D eigenvalue weighted by Gasteiger charge is 2.06. The van der Waals surface area contributed by atoms with Crippen LogP contribution in [0.15, 0.2) is 29.8 Å². The van der Waals surface area contributed by atoms with Crippen LogP contribution in [0.25, 0.3) is 6.08 Å². The van der Waals surface area contributed by atoms with Crippen LogP contribution >= 0.6 is 0 Å². The Hall–Kier alpha value is -1.68. The lowest BCUT2D eigenvalue weighted by atomic mass is 10.00. The molecule has 4 nitrogen and oxygen atoms in total. The molecular formula is C13H18N2O2. The van der Waals surface area contributed by atoms with Crippen LogP contribution in [0.2, 0.25) is 0 Å². The van der Waals surface area contributed by atoms with E-state index in [0.29, 0.717) is 5.92 Å². The average Bonchev–Trinajstić information content (AvgIpc) is 2.28. The third-order valence-electron chi connectivity index (χ3n) is 2.56. The molecular weight excluding hydrogens is 216 g/mol. The minimum absolute atomic E-state index is 0.131. The maximum atomic E-state index is 10.7. The highest BCUT2D eigenvalue weighted by molar-refractivity contribution is 5.56. The van der Waals surface area contributed by atoms with Crippen LogP contribution in [0.4, 0.5) is 5.69 Å². The van der Waals surface area contributed by atoms with Gasteiger partial charge in [-0.25, -0.2) is 0 Å². The Balaban J connectivity index is 3.02. The summed E-state index contributed by atoms with van der Waals surface area (Å²) < 4.78 is 0. The normalized spacial score (nSPS) is 11.9. The van der Waals surface area contributed by atoms with Gasteiger partial charge in [0, 0.05) is 18.7 Å². The second-order valence-electron chi connectivity index (χ2n) is 4.26. The maximum Gasteiger partial charge on any atom is 0.270 e. The molecule has 0 saturated carbocycles. The maximum absolute atomic E-state index is 10.7. The van der Waals surface area contributed by atoms with Gasteiger partial charge in [0.15, 0.2) is 0 Å². The Morgan fingerprint density at radius 3 is 2.76 bits per heavy atom. The Bertz CT molecular complexity index is 425. The molecule has 0 heterocycles. The van der Waals surface area contributed by atoms with E-state index in [1.165, 1.54) is 11.6 Å². The van der Waals surface area contributed by atoms with Gasteiger partial charge < -0.3 is 5.32 Å². The predicted molar refractivity (Wildman–Crippen MR) is 69.8 cm³/mol. The molecule has 0 atom stereocenters. The number of hydrogen-bond donors (Lipinski definition) is 1. The molecule has 0 spiro atoms. The van der Waals surface area contributed by atoms with Crippen LogP contribution in [0.1, 0.15) is 19.4 Å². The SMILES string of the molecule is CNCC(=Cc1cccc([N+](=O)[O-])c1)C(C)C. The molecule has 0 radical (unpaired) electrons. The summed E-state index contributed by atoms with van der Waals surface area (Å²) in [5, 5.41) is 13.8. The molecule has 1 aromatic carbocycles. The van der Waals surface area contributed by atoms with Crippen molar-refractivity contribution >= 4 is 11.8 Å². The number of nitro groups is 1. The summed E-state index contributed by atoms with van der Waals surface area (Å²) in [4.78, 5) is 10.3. The molecule has 92 valence electrons. The summed E-state index contributed by atoms with van der Waals surface area (Å²) in [5.74, 6) is 0.418. The average molecular weight is 234 g/mol. The molecule has 0 aliphatic carbocycles. The summed E-state index contributed by atoms with van der Waals surface area (Å²) in [7, 11) is 1.89. The van der Waals surface area contributed by atoms with Crippen molar-refractivity contribution in [1.82, 2.24) is 5.32 Å². The van der Waals surface area contributed by atoms with Gasteiger partial charge in [0.1, 0.15) is 0 Å². The van der Waals surface area contributed by atoms with Crippen molar-refractivity contribution < 1.29 is 4.92 Å². The van der Waals surface area contributed by atoms with E-state index in [4.69, 9.17) is 0 Å². The van der Waals surface area contributed by atoms with Gasteiger partial charge in [-0.2, -0.15) is 0 Å². The smallest absolute Gasteiger partial charge is 0.270 e. The van der Waals surface area contributed by atoms with Crippen molar-refractivity contribution in [2.75, 3.05) is 13.6 Å². The van der Waals surface area contributed by atoms with E-state index < -0.39 is 0 Å². The molecule has 0 aromatic heterocycles. The van der Waals surface area contributed by atoms with E-state index in [9.17, 15) is 10.1 Å². The molecule has 0 saturated heterocycles. The van der Waals surface area contributed by atoms with Crippen molar-refractivity contribution in [3.63, 3.8) is 0 Å². The Morgan fingerprint density at radius 2 is 2.24 bits per heavy atom. The molecule has 0 bridgehead atoms. The number of nitro benzene ring substituents is 1. The van der Waals surface area contributed by atoms with Gasteiger partial charge in [0.2, 0.25) is 0 Å². The predicted octanol–water partition coefficient (Wildman–Crippen LogP) is 2.85. The summed E-state index contributed by atoms with van der Waals surface area (Å²) in [6.45, 7) is 5.02. The van der Waals surface area contributed by atoms with Crippen LogP contribution in [-0.2, 0) is 0 Å². The number of likely N-dealkylation sites (N-methyl/N-ethyl adjacent to an activating group) is 1. The molecule has 1 N–H and O–H groups in total. The van der Waals surface area contributed by atoms with Crippen LogP contribution < -0.4 is 5.32 Å². The van der Waals surface area contributed by atoms with E-state index in [1.54, 1.807) is 12.1 Å². The van der Waals surface area contributed by atoms with Crippen LogP contribution in [0, 0.1) is 16.0 Å². The highest BCUT2D eigenvalue weighted by atomic mass is 16.6. The van der Waals surface area contributed by atoms with Crippen LogP contribution in [-0.4, -0.2) is 18.5 Å². The second-order valence-corrected chi connectivity index (χ2v) is 4.26. The molecule has 4 heteroatoms. The fourth-order valence-electron chi connectivity index (χ4n) is 1.57. The Kier molecular flexibility index (Phi) is 4.84. The number of nitrogens with one attached hydrogen (secondary N) is 1. The molecule has 0 aliphatic rings. The zero-order chi connectivity index (χ0) is 12.8. The minimum atomic E-state index is -0.371. The minimum Gasteiger partial charge on any atom is -0.316 e. The number of non-ortho nitro benzene ring substituents is 1. The molecule has 0 amide bonds. The van der Waals surface area contributed by atoms with Crippen molar-refractivity contribution in [3.05, 3.63) is 45.5 Å². The van der Waals surface area contributed by atoms with Crippen molar-refractivity contribution in [2.45, 2.75) is 13.8 Å². The number of hydrogen-bond acceptors (Lipinski definition) is 3. The van der Waals surface area contributed by atoms with E-state index >= 15 is 0 Å². The largest absolute Gasteiger partial charge is 0.316 e. The van der Waals surface area contributed by atoms with Gasteiger partial charge in [-0.15, -0.1) is 0 Å². The van der Waals surface area contributed by atoms with Gasteiger partial charge in [-0.3, -0.25) is 10.1 Å². The number of rotatable bonds is 5. The van der Waals surface area contributed by atoms with Gasteiger partial charge in [0.25, 0.3) is 5.69 Å². The lowest BCUT2D eigenvalue weighted by Crippen LogP contribution is -2.13. The summed E-state index contributed by atoms with van der Waals surface area (Å²) >= 11 is 0. The first kappa shape index (κ1) is 13.4. The van der Waals surface area contributed by atoms with E-state index in [-0.39, 0.29) is 10.6 Å².